The van der Waals surface area contributed by atoms with E-state index in [1.807, 2.05) is 12.1 Å². The topological polar surface area (TPSA) is 17.1 Å². The molecule has 0 aliphatic rings. The highest BCUT2D eigenvalue weighted by Crippen LogP contribution is 2.26. The Labute approximate surface area is 112 Å². The number of carbonyl (C=O) groups is 1. The van der Waals surface area contributed by atoms with E-state index in [0.29, 0.717) is 10.6 Å². The van der Waals surface area contributed by atoms with Crippen LogP contribution in [0.2, 0.25) is 5.02 Å². The van der Waals surface area contributed by atoms with Gasteiger partial charge in [0.1, 0.15) is 0 Å². The van der Waals surface area contributed by atoms with Gasteiger partial charge in [-0.05, 0) is 35.2 Å². The summed E-state index contributed by atoms with van der Waals surface area (Å²) in [6.07, 6.45) is 3.07. The summed E-state index contributed by atoms with van der Waals surface area (Å²) in [6.45, 7) is 2.16. The number of hydrogen-bond acceptors (Lipinski definition) is 1. The third-order valence-electron chi connectivity index (χ3n) is 2.94. The molecule has 2 aromatic carbocycles. The predicted octanol–water partition coefficient (Wildman–Crippen LogP) is 4.77. The van der Waals surface area contributed by atoms with Crippen LogP contribution in [-0.4, -0.2) is 6.29 Å². The van der Waals surface area contributed by atoms with E-state index in [1.54, 1.807) is 6.07 Å². The lowest BCUT2D eigenvalue weighted by Crippen LogP contribution is -1.89. The van der Waals surface area contributed by atoms with Crippen LogP contribution in [0.4, 0.5) is 0 Å². The van der Waals surface area contributed by atoms with Gasteiger partial charge in [0.15, 0.2) is 6.29 Å². The zero-order valence-corrected chi connectivity index (χ0v) is 11.1. The van der Waals surface area contributed by atoms with Crippen LogP contribution >= 0.6 is 11.6 Å². The van der Waals surface area contributed by atoms with Gasteiger partial charge in [-0.25, -0.2) is 0 Å². The molecule has 0 aliphatic carbocycles. The number of hydrogen-bond donors (Lipinski definition) is 0. The molecule has 92 valence electrons. The molecule has 0 amide bonds. The molecule has 0 saturated heterocycles. The maximum absolute atomic E-state index is 11.1. The summed E-state index contributed by atoms with van der Waals surface area (Å²) in [5.74, 6) is 0. The Morgan fingerprint density at radius 2 is 1.83 bits per heavy atom. The van der Waals surface area contributed by atoms with E-state index in [2.05, 4.69) is 31.2 Å². The second kappa shape index (κ2) is 5.83. The van der Waals surface area contributed by atoms with Crippen molar-refractivity contribution in [2.24, 2.45) is 0 Å². The van der Waals surface area contributed by atoms with Crippen molar-refractivity contribution in [3.05, 3.63) is 58.6 Å². The van der Waals surface area contributed by atoms with Crippen LogP contribution in [0.5, 0.6) is 0 Å². The molecule has 0 heterocycles. The first kappa shape index (κ1) is 12.8. The highest BCUT2D eigenvalue weighted by atomic mass is 35.5. The smallest absolute Gasteiger partial charge is 0.150 e. The lowest BCUT2D eigenvalue weighted by molar-refractivity contribution is 0.112. The van der Waals surface area contributed by atoms with Gasteiger partial charge in [-0.2, -0.15) is 0 Å². The summed E-state index contributed by atoms with van der Waals surface area (Å²) in [6, 6.07) is 13.7. The molecule has 2 heteroatoms. The largest absolute Gasteiger partial charge is 0.298 e. The van der Waals surface area contributed by atoms with Crippen molar-refractivity contribution in [2.45, 2.75) is 19.8 Å². The lowest BCUT2D eigenvalue weighted by Gasteiger charge is -2.07. The summed E-state index contributed by atoms with van der Waals surface area (Å²) in [7, 11) is 0. The van der Waals surface area contributed by atoms with Gasteiger partial charge >= 0.3 is 0 Å². The molecule has 0 aliphatic heterocycles. The summed E-state index contributed by atoms with van der Waals surface area (Å²) in [4.78, 5) is 11.1. The number of benzene rings is 2. The van der Waals surface area contributed by atoms with Crippen LogP contribution in [0.1, 0.15) is 29.3 Å². The van der Waals surface area contributed by atoms with E-state index in [9.17, 15) is 4.79 Å². The first-order chi connectivity index (χ1) is 8.74. The first-order valence-corrected chi connectivity index (χ1v) is 6.46. The SMILES string of the molecule is CCCc1ccc(-c2ccc(Cl)cc2C=O)cc1. The number of halogens is 1. The minimum absolute atomic E-state index is 0.587. The Morgan fingerprint density at radius 3 is 2.44 bits per heavy atom. The molecule has 0 N–H and O–H groups in total. The van der Waals surface area contributed by atoms with Crippen LogP contribution < -0.4 is 0 Å². The van der Waals surface area contributed by atoms with Crippen molar-refractivity contribution in [1.82, 2.24) is 0 Å². The summed E-state index contributed by atoms with van der Waals surface area (Å²) >= 11 is 5.89. The number of rotatable bonds is 4. The molecule has 0 bridgehead atoms. The molecule has 0 saturated carbocycles. The Hall–Kier alpha value is -1.60. The molecule has 0 fully saturated rings. The van der Waals surface area contributed by atoms with Gasteiger partial charge in [-0.1, -0.05) is 55.3 Å². The Bertz CT molecular complexity index is 544. The van der Waals surface area contributed by atoms with Gasteiger partial charge < -0.3 is 0 Å². The van der Waals surface area contributed by atoms with Crippen LogP contribution in [0.3, 0.4) is 0 Å². The molecule has 18 heavy (non-hydrogen) atoms. The zero-order chi connectivity index (χ0) is 13.0. The maximum atomic E-state index is 11.1. The number of aldehydes is 1. The van der Waals surface area contributed by atoms with Gasteiger partial charge in [-0.3, -0.25) is 4.79 Å². The molecular weight excluding hydrogens is 244 g/mol. The van der Waals surface area contributed by atoms with Crippen LogP contribution in [-0.2, 0) is 6.42 Å². The molecule has 0 spiro atoms. The van der Waals surface area contributed by atoms with Gasteiger partial charge in [0.25, 0.3) is 0 Å². The molecular formula is C16H15ClO. The lowest BCUT2D eigenvalue weighted by atomic mass is 9.98. The van der Waals surface area contributed by atoms with Crippen molar-refractivity contribution < 1.29 is 4.79 Å². The molecule has 0 radical (unpaired) electrons. The second-order valence-corrected chi connectivity index (χ2v) is 4.73. The van der Waals surface area contributed by atoms with Crippen LogP contribution in [0.25, 0.3) is 11.1 Å². The fraction of sp³-hybridized carbons (Fsp3) is 0.188. The molecule has 2 aromatic rings. The third kappa shape index (κ3) is 2.80. The van der Waals surface area contributed by atoms with Crippen LogP contribution in [0, 0.1) is 0 Å². The third-order valence-corrected chi connectivity index (χ3v) is 3.18. The van der Waals surface area contributed by atoms with Crippen LogP contribution in [0.15, 0.2) is 42.5 Å². The Kier molecular flexibility index (Phi) is 4.16. The van der Waals surface area contributed by atoms with Crippen molar-refractivity contribution in [3.8, 4) is 11.1 Å². The molecule has 2 rings (SSSR count). The monoisotopic (exact) mass is 258 g/mol. The van der Waals surface area contributed by atoms with Crippen molar-refractivity contribution >= 4 is 17.9 Å². The standard InChI is InChI=1S/C16H15ClO/c1-2-3-12-4-6-13(7-5-12)16-9-8-15(17)10-14(16)11-18/h4-11H,2-3H2,1H3. The predicted molar refractivity (Wildman–Crippen MR) is 76.3 cm³/mol. The molecule has 0 unspecified atom stereocenters. The van der Waals surface area contributed by atoms with E-state index < -0.39 is 0 Å². The van der Waals surface area contributed by atoms with E-state index in [-0.39, 0.29) is 0 Å². The summed E-state index contributed by atoms with van der Waals surface area (Å²) in [5.41, 5.74) is 3.93. The number of aryl methyl sites for hydroxylation is 1. The quantitative estimate of drug-likeness (QED) is 0.722. The normalized spacial score (nSPS) is 10.3. The number of carbonyl (C=O) groups excluding carboxylic acids is 1. The fourth-order valence-corrected chi connectivity index (χ4v) is 2.21. The van der Waals surface area contributed by atoms with E-state index >= 15 is 0 Å². The zero-order valence-electron chi connectivity index (χ0n) is 10.3. The average Bonchev–Trinajstić information content (AvgIpc) is 2.40. The average molecular weight is 259 g/mol. The molecule has 0 aromatic heterocycles. The van der Waals surface area contributed by atoms with E-state index in [1.165, 1.54) is 5.56 Å². The first-order valence-electron chi connectivity index (χ1n) is 6.08. The minimum Gasteiger partial charge on any atom is -0.298 e. The van der Waals surface area contributed by atoms with Gasteiger partial charge in [-0.15, -0.1) is 0 Å². The van der Waals surface area contributed by atoms with E-state index in [0.717, 1.165) is 30.3 Å². The summed E-state index contributed by atoms with van der Waals surface area (Å²) < 4.78 is 0. The van der Waals surface area contributed by atoms with E-state index in [4.69, 9.17) is 11.6 Å². The van der Waals surface area contributed by atoms with Gasteiger partial charge in [0.05, 0.1) is 0 Å². The van der Waals surface area contributed by atoms with Crippen molar-refractivity contribution in [3.63, 3.8) is 0 Å². The summed E-state index contributed by atoms with van der Waals surface area (Å²) in [5, 5.41) is 0.587. The Balaban J connectivity index is 2.39. The highest BCUT2D eigenvalue weighted by Gasteiger charge is 2.05. The second-order valence-electron chi connectivity index (χ2n) is 4.30. The van der Waals surface area contributed by atoms with Crippen molar-refractivity contribution in [1.29, 1.82) is 0 Å². The molecule has 1 nitrogen and oxygen atoms in total. The van der Waals surface area contributed by atoms with Gasteiger partial charge in [0.2, 0.25) is 0 Å². The fourth-order valence-electron chi connectivity index (χ4n) is 2.03. The Morgan fingerprint density at radius 1 is 1.11 bits per heavy atom. The highest BCUT2D eigenvalue weighted by molar-refractivity contribution is 6.31. The van der Waals surface area contributed by atoms with Gasteiger partial charge in [0, 0.05) is 10.6 Å². The minimum atomic E-state index is 0.587. The maximum Gasteiger partial charge on any atom is 0.150 e. The van der Waals surface area contributed by atoms with Crippen molar-refractivity contribution in [2.75, 3.05) is 0 Å². The molecule has 0 atom stereocenters.